The van der Waals surface area contributed by atoms with Crippen molar-refractivity contribution in [1.82, 2.24) is 5.32 Å². The summed E-state index contributed by atoms with van der Waals surface area (Å²) in [4.78, 5) is 46.0. The van der Waals surface area contributed by atoms with Crippen molar-refractivity contribution in [3.8, 4) is 0 Å². The van der Waals surface area contributed by atoms with E-state index in [1.165, 1.54) is 0 Å². The Bertz CT molecular complexity index is 964. The number of non-ortho nitro benzene ring substituents is 1. The molecule has 8 nitrogen and oxygen atoms in total. The molecule has 2 aromatic rings. The maximum absolute atomic E-state index is 12.1. The first kappa shape index (κ1) is 22.0. The molecule has 0 fully saturated rings. The van der Waals surface area contributed by atoms with Crippen molar-refractivity contribution in [2.24, 2.45) is 0 Å². The molecule has 0 saturated heterocycles. The number of nitro benzene ring substituents is 1. The number of halogens is 1. The molecule has 0 aliphatic carbocycles. The Morgan fingerprint density at radius 1 is 1.10 bits per heavy atom. The van der Waals surface area contributed by atoms with Gasteiger partial charge in [0.2, 0.25) is 0 Å². The van der Waals surface area contributed by atoms with Crippen molar-refractivity contribution in [3.05, 3.63) is 74.3 Å². The van der Waals surface area contributed by atoms with Crippen molar-refractivity contribution in [2.75, 3.05) is 6.61 Å². The zero-order valence-corrected chi connectivity index (χ0v) is 16.8. The third-order valence-corrected chi connectivity index (χ3v) is 4.30. The molecule has 2 aromatic carbocycles. The lowest BCUT2D eigenvalue weighted by Gasteiger charge is -2.19. The van der Waals surface area contributed by atoms with Crippen LogP contribution in [0.5, 0.6) is 0 Å². The lowest BCUT2D eigenvalue weighted by molar-refractivity contribution is -0.384. The molecule has 0 spiro atoms. The second kappa shape index (κ2) is 8.83. The molecule has 0 aliphatic rings. The molecule has 0 atom stereocenters. The van der Waals surface area contributed by atoms with Crippen LogP contribution in [0.2, 0.25) is 5.02 Å². The quantitative estimate of drug-likeness (QED) is 0.450. The van der Waals surface area contributed by atoms with Gasteiger partial charge >= 0.3 is 5.97 Å². The fraction of sp³-hybridized carbons (Fsp3) is 0.250. The molecule has 2 rings (SSSR count). The number of imide groups is 1. The van der Waals surface area contributed by atoms with Gasteiger partial charge in [0.25, 0.3) is 17.5 Å². The van der Waals surface area contributed by atoms with E-state index in [2.05, 4.69) is 5.32 Å². The monoisotopic (exact) mass is 418 g/mol. The number of carbonyl (C=O) groups is 3. The number of benzene rings is 2. The Morgan fingerprint density at radius 2 is 1.72 bits per heavy atom. The lowest BCUT2D eigenvalue weighted by atomic mass is 9.87. The maximum Gasteiger partial charge on any atom is 0.340 e. The van der Waals surface area contributed by atoms with E-state index in [4.69, 9.17) is 16.3 Å². The normalized spacial score (nSPS) is 10.9. The molecular weight excluding hydrogens is 400 g/mol. The van der Waals surface area contributed by atoms with Crippen LogP contribution in [0.25, 0.3) is 0 Å². The molecule has 2 amide bonds. The highest BCUT2D eigenvalue weighted by Crippen LogP contribution is 2.23. The van der Waals surface area contributed by atoms with E-state index >= 15 is 0 Å². The molecule has 0 saturated carbocycles. The first-order valence-corrected chi connectivity index (χ1v) is 8.92. The summed E-state index contributed by atoms with van der Waals surface area (Å²) in [6.45, 7) is 5.41. The van der Waals surface area contributed by atoms with Crippen LogP contribution in [0.15, 0.2) is 42.5 Å². The van der Waals surface area contributed by atoms with Gasteiger partial charge in [0, 0.05) is 17.7 Å². The highest BCUT2D eigenvalue weighted by molar-refractivity contribution is 6.33. The molecule has 0 aromatic heterocycles. The molecule has 9 heteroatoms. The molecule has 0 bridgehead atoms. The number of esters is 1. The summed E-state index contributed by atoms with van der Waals surface area (Å²) >= 11 is 5.83. The smallest absolute Gasteiger partial charge is 0.340 e. The van der Waals surface area contributed by atoms with Gasteiger partial charge in [0.1, 0.15) is 0 Å². The lowest BCUT2D eigenvalue weighted by Crippen LogP contribution is -2.34. The summed E-state index contributed by atoms with van der Waals surface area (Å²) in [7, 11) is 0. The van der Waals surface area contributed by atoms with Gasteiger partial charge < -0.3 is 4.74 Å². The molecule has 0 unspecified atom stereocenters. The van der Waals surface area contributed by atoms with Gasteiger partial charge in [0.05, 0.1) is 15.5 Å². The number of hydrogen-bond donors (Lipinski definition) is 1. The number of nitrogens with zero attached hydrogens (tertiary/aromatic N) is 1. The third kappa shape index (κ3) is 5.86. The van der Waals surface area contributed by atoms with Gasteiger partial charge in [-0.1, -0.05) is 44.5 Å². The Balaban J connectivity index is 1.93. The SMILES string of the molecule is CC(C)(C)c1ccc(C(=O)NC(=O)COC(=O)c2ccc([N+](=O)[O-])cc2Cl)cc1. The van der Waals surface area contributed by atoms with Crippen LogP contribution < -0.4 is 5.32 Å². The molecular formula is C20H19ClN2O6. The second-order valence-electron chi connectivity index (χ2n) is 7.20. The van der Waals surface area contributed by atoms with E-state index in [9.17, 15) is 24.5 Å². The predicted octanol–water partition coefficient (Wildman–Crippen LogP) is 3.66. The minimum absolute atomic E-state index is 0.0713. The average Bonchev–Trinajstić information content (AvgIpc) is 2.65. The van der Waals surface area contributed by atoms with E-state index < -0.39 is 29.3 Å². The summed E-state index contributed by atoms with van der Waals surface area (Å²) in [5.74, 6) is -2.39. The Hall–Kier alpha value is -3.26. The van der Waals surface area contributed by atoms with Crippen LogP contribution in [-0.2, 0) is 14.9 Å². The first-order valence-electron chi connectivity index (χ1n) is 8.55. The Morgan fingerprint density at radius 3 is 2.24 bits per heavy atom. The van der Waals surface area contributed by atoms with Crippen LogP contribution in [-0.4, -0.2) is 29.3 Å². The minimum atomic E-state index is -0.943. The van der Waals surface area contributed by atoms with Gasteiger partial charge in [-0.3, -0.25) is 25.0 Å². The fourth-order valence-electron chi connectivity index (χ4n) is 2.35. The number of nitro groups is 1. The molecule has 0 aliphatic heterocycles. The zero-order chi connectivity index (χ0) is 21.8. The maximum atomic E-state index is 12.1. The summed E-state index contributed by atoms with van der Waals surface area (Å²) < 4.78 is 4.81. The molecule has 0 radical (unpaired) electrons. The molecule has 29 heavy (non-hydrogen) atoms. The largest absolute Gasteiger partial charge is 0.452 e. The first-order chi connectivity index (χ1) is 13.5. The zero-order valence-electron chi connectivity index (χ0n) is 16.0. The summed E-state index contributed by atoms with van der Waals surface area (Å²) in [5, 5.41) is 12.6. The topological polar surface area (TPSA) is 116 Å². The Labute approximate surface area is 172 Å². The van der Waals surface area contributed by atoms with Crippen molar-refractivity contribution < 1.29 is 24.0 Å². The van der Waals surface area contributed by atoms with Crippen molar-refractivity contribution >= 4 is 35.1 Å². The summed E-state index contributed by atoms with van der Waals surface area (Å²) in [6.07, 6.45) is 0. The number of nitrogens with one attached hydrogen (secondary N) is 1. The van der Waals surface area contributed by atoms with Crippen molar-refractivity contribution in [2.45, 2.75) is 26.2 Å². The number of carbonyl (C=O) groups excluding carboxylic acids is 3. The number of rotatable bonds is 5. The van der Waals surface area contributed by atoms with Crippen LogP contribution in [0.3, 0.4) is 0 Å². The van der Waals surface area contributed by atoms with E-state index in [1.54, 1.807) is 24.3 Å². The highest BCUT2D eigenvalue weighted by Gasteiger charge is 2.19. The second-order valence-corrected chi connectivity index (χ2v) is 7.61. The van der Waals surface area contributed by atoms with Crippen LogP contribution >= 0.6 is 11.6 Å². The molecule has 152 valence electrons. The number of hydrogen-bond acceptors (Lipinski definition) is 6. The average molecular weight is 419 g/mol. The van der Waals surface area contributed by atoms with Crippen LogP contribution in [0.1, 0.15) is 47.1 Å². The van der Waals surface area contributed by atoms with Gasteiger partial charge in [-0.05, 0) is 29.2 Å². The summed E-state index contributed by atoms with van der Waals surface area (Å²) in [5.41, 5.74) is 0.838. The van der Waals surface area contributed by atoms with Crippen molar-refractivity contribution in [3.63, 3.8) is 0 Å². The standard InChI is InChI=1S/C20H19ClN2O6/c1-20(2,3)13-6-4-12(5-7-13)18(25)22-17(24)11-29-19(26)15-9-8-14(23(27)28)10-16(15)21/h4-10H,11H2,1-3H3,(H,22,24,25). The Kier molecular flexibility index (Phi) is 6.71. The third-order valence-electron chi connectivity index (χ3n) is 3.98. The van der Waals surface area contributed by atoms with E-state index in [0.29, 0.717) is 0 Å². The summed E-state index contributed by atoms with van der Waals surface area (Å²) in [6, 6.07) is 10.0. The number of amides is 2. The fourth-order valence-corrected chi connectivity index (χ4v) is 2.60. The van der Waals surface area contributed by atoms with Gasteiger partial charge in [-0.2, -0.15) is 0 Å². The predicted molar refractivity (Wildman–Crippen MR) is 106 cm³/mol. The van der Waals surface area contributed by atoms with Crippen LogP contribution in [0.4, 0.5) is 5.69 Å². The highest BCUT2D eigenvalue weighted by atomic mass is 35.5. The number of ether oxygens (including phenoxy) is 1. The van der Waals surface area contributed by atoms with Crippen LogP contribution in [0, 0.1) is 10.1 Å². The van der Waals surface area contributed by atoms with Gasteiger partial charge in [-0.25, -0.2) is 4.79 Å². The van der Waals surface area contributed by atoms with E-state index in [0.717, 1.165) is 23.8 Å². The van der Waals surface area contributed by atoms with Gasteiger partial charge in [-0.15, -0.1) is 0 Å². The minimum Gasteiger partial charge on any atom is -0.452 e. The molecule has 1 N–H and O–H groups in total. The van der Waals surface area contributed by atoms with E-state index in [-0.39, 0.29) is 27.3 Å². The van der Waals surface area contributed by atoms with E-state index in [1.807, 2.05) is 20.8 Å². The molecule has 0 heterocycles. The van der Waals surface area contributed by atoms with Gasteiger partial charge in [0.15, 0.2) is 6.61 Å². The van der Waals surface area contributed by atoms with Crippen molar-refractivity contribution in [1.29, 1.82) is 0 Å².